The molecule has 0 unspecified atom stereocenters. The number of primary amides is 1. The van der Waals surface area contributed by atoms with Crippen molar-refractivity contribution in [2.75, 3.05) is 5.32 Å². The summed E-state index contributed by atoms with van der Waals surface area (Å²) in [6.07, 6.45) is 3.46. The van der Waals surface area contributed by atoms with Gasteiger partial charge in [-0.2, -0.15) is 0 Å². The third-order valence-corrected chi connectivity index (χ3v) is 5.05. The minimum Gasteiger partial charge on any atom is -0.423 e. The van der Waals surface area contributed by atoms with Gasteiger partial charge in [0.15, 0.2) is 11.5 Å². The molecule has 0 saturated heterocycles. The number of rotatable bonds is 7. The number of carbonyl (C=O) groups is 1. The van der Waals surface area contributed by atoms with Gasteiger partial charge in [-0.1, -0.05) is 38.1 Å². The Morgan fingerprint density at radius 2 is 2.03 bits per heavy atom. The second-order valence-corrected chi connectivity index (χ2v) is 7.63. The van der Waals surface area contributed by atoms with Crippen molar-refractivity contribution < 1.29 is 14.8 Å². The maximum atomic E-state index is 11.7. The Morgan fingerprint density at radius 3 is 2.75 bits per heavy atom. The van der Waals surface area contributed by atoms with Gasteiger partial charge in [-0.15, -0.1) is 10.2 Å². The SMILES string of the molecule is CC(C)c1cnc(-c2nnc3c(C(N)=O)cccn23)nc1NCc1cccc(B(O)O)c1. The first kappa shape index (κ1) is 21.4. The first-order valence-electron chi connectivity index (χ1n) is 10.0. The molecule has 3 heterocycles. The average molecular weight is 431 g/mol. The summed E-state index contributed by atoms with van der Waals surface area (Å²) >= 11 is 0. The molecule has 0 aliphatic rings. The third kappa shape index (κ3) is 4.16. The summed E-state index contributed by atoms with van der Waals surface area (Å²) in [7, 11) is -1.53. The van der Waals surface area contributed by atoms with Crippen LogP contribution in [0.25, 0.3) is 17.3 Å². The first-order chi connectivity index (χ1) is 15.3. The minimum atomic E-state index is -1.53. The van der Waals surface area contributed by atoms with E-state index in [2.05, 4.69) is 25.5 Å². The molecule has 4 aromatic rings. The molecule has 162 valence electrons. The fourth-order valence-corrected chi connectivity index (χ4v) is 3.37. The number of benzene rings is 1. The van der Waals surface area contributed by atoms with E-state index in [0.717, 1.165) is 11.1 Å². The highest BCUT2D eigenvalue weighted by Crippen LogP contribution is 2.25. The van der Waals surface area contributed by atoms with E-state index in [4.69, 9.17) is 5.73 Å². The summed E-state index contributed by atoms with van der Waals surface area (Å²) in [5, 5.41) is 30.4. The second kappa shape index (κ2) is 8.73. The molecule has 0 saturated carbocycles. The molecule has 0 aliphatic heterocycles. The van der Waals surface area contributed by atoms with Crippen LogP contribution >= 0.6 is 0 Å². The summed E-state index contributed by atoms with van der Waals surface area (Å²) in [5.41, 5.74) is 8.22. The first-order valence-corrected chi connectivity index (χ1v) is 10.0. The Labute approximate surface area is 184 Å². The van der Waals surface area contributed by atoms with Crippen LogP contribution in [0.4, 0.5) is 5.82 Å². The molecule has 0 fully saturated rings. The molecule has 1 aromatic carbocycles. The van der Waals surface area contributed by atoms with Crippen LogP contribution in [0, 0.1) is 0 Å². The van der Waals surface area contributed by atoms with E-state index < -0.39 is 13.0 Å². The molecule has 0 aliphatic carbocycles. The number of nitrogens with two attached hydrogens (primary N) is 1. The maximum absolute atomic E-state index is 11.7. The van der Waals surface area contributed by atoms with Gasteiger partial charge in [0.1, 0.15) is 5.82 Å². The summed E-state index contributed by atoms with van der Waals surface area (Å²) in [6.45, 7) is 4.50. The summed E-state index contributed by atoms with van der Waals surface area (Å²) in [5.74, 6) is 0.914. The Kier molecular flexibility index (Phi) is 5.84. The van der Waals surface area contributed by atoms with Gasteiger partial charge in [0.2, 0.25) is 5.82 Å². The van der Waals surface area contributed by atoms with E-state index in [1.807, 2.05) is 19.9 Å². The molecule has 4 rings (SSSR count). The molecule has 5 N–H and O–H groups in total. The van der Waals surface area contributed by atoms with Crippen molar-refractivity contribution in [3.8, 4) is 11.6 Å². The molecule has 3 aromatic heterocycles. The zero-order chi connectivity index (χ0) is 22.8. The Balaban J connectivity index is 1.70. The van der Waals surface area contributed by atoms with Crippen LogP contribution < -0.4 is 16.5 Å². The largest absolute Gasteiger partial charge is 0.488 e. The number of nitrogens with one attached hydrogen (secondary N) is 1. The van der Waals surface area contributed by atoms with E-state index >= 15 is 0 Å². The number of fused-ring (bicyclic) bond motifs is 1. The molecule has 0 spiro atoms. The molecule has 0 radical (unpaired) electrons. The van der Waals surface area contributed by atoms with Gasteiger partial charge in [0.05, 0.1) is 5.56 Å². The van der Waals surface area contributed by atoms with Crippen LogP contribution in [-0.4, -0.2) is 47.6 Å². The van der Waals surface area contributed by atoms with Crippen molar-refractivity contribution in [3.63, 3.8) is 0 Å². The molecule has 11 heteroatoms. The number of nitrogens with zero attached hydrogens (tertiary/aromatic N) is 5. The monoisotopic (exact) mass is 431 g/mol. The topological polar surface area (TPSA) is 152 Å². The smallest absolute Gasteiger partial charge is 0.423 e. The standard InChI is InChI=1S/C21H22BN7O3/c1-12(2)16-11-25-19(21-28-27-20-15(17(23)30)7-4-8-29(20)21)26-18(16)24-10-13-5-3-6-14(9-13)22(31)32/h3-9,11-12,31-32H,10H2,1-2H3,(H2,23,30)(H,24,25,26). The molecule has 1 amide bonds. The Morgan fingerprint density at radius 1 is 1.22 bits per heavy atom. The predicted octanol–water partition coefficient (Wildman–Crippen LogP) is 0.701. The van der Waals surface area contributed by atoms with Gasteiger partial charge in [-0.3, -0.25) is 9.20 Å². The van der Waals surface area contributed by atoms with Crippen LogP contribution in [0.3, 0.4) is 0 Å². The second-order valence-electron chi connectivity index (χ2n) is 7.63. The van der Waals surface area contributed by atoms with Crippen LogP contribution in [0.5, 0.6) is 0 Å². The Bertz CT molecular complexity index is 1290. The van der Waals surface area contributed by atoms with Gasteiger partial charge >= 0.3 is 7.12 Å². The van der Waals surface area contributed by atoms with Crippen molar-refractivity contribution >= 4 is 30.0 Å². The summed E-state index contributed by atoms with van der Waals surface area (Å²) in [6, 6.07) is 10.3. The fourth-order valence-electron chi connectivity index (χ4n) is 3.37. The predicted molar refractivity (Wildman–Crippen MR) is 120 cm³/mol. The number of anilines is 1. The normalized spacial score (nSPS) is 11.2. The van der Waals surface area contributed by atoms with E-state index in [1.54, 1.807) is 47.1 Å². The van der Waals surface area contributed by atoms with Gasteiger partial charge in [0.25, 0.3) is 5.91 Å². The summed E-state index contributed by atoms with van der Waals surface area (Å²) < 4.78 is 1.63. The summed E-state index contributed by atoms with van der Waals surface area (Å²) in [4.78, 5) is 20.8. The Hall–Kier alpha value is -3.83. The lowest BCUT2D eigenvalue weighted by molar-refractivity contribution is 0.100. The quantitative estimate of drug-likeness (QED) is 0.312. The highest BCUT2D eigenvalue weighted by atomic mass is 16.4. The molecule has 0 atom stereocenters. The molecule has 32 heavy (non-hydrogen) atoms. The lowest BCUT2D eigenvalue weighted by Gasteiger charge is -2.14. The van der Waals surface area contributed by atoms with Gasteiger partial charge in [0, 0.05) is 24.5 Å². The van der Waals surface area contributed by atoms with E-state index in [1.165, 1.54) is 0 Å². The van der Waals surface area contributed by atoms with Crippen molar-refractivity contribution in [3.05, 3.63) is 65.5 Å². The van der Waals surface area contributed by atoms with Crippen LogP contribution in [0.15, 0.2) is 48.8 Å². The van der Waals surface area contributed by atoms with Crippen LogP contribution in [0.2, 0.25) is 0 Å². The lowest BCUT2D eigenvalue weighted by atomic mass is 9.79. The van der Waals surface area contributed by atoms with E-state index in [-0.39, 0.29) is 11.5 Å². The molecule has 0 bridgehead atoms. The van der Waals surface area contributed by atoms with E-state index in [0.29, 0.717) is 35.1 Å². The number of amides is 1. The number of hydrogen-bond donors (Lipinski definition) is 4. The molecule has 10 nitrogen and oxygen atoms in total. The number of aromatic nitrogens is 5. The number of carbonyl (C=O) groups excluding carboxylic acids is 1. The van der Waals surface area contributed by atoms with Crippen LogP contribution in [-0.2, 0) is 6.54 Å². The van der Waals surface area contributed by atoms with Gasteiger partial charge in [-0.25, -0.2) is 9.97 Å². The zero-order valence-electron chi connectivity index (χ0n) is 17.6. The van der Waals surface area contributed by atoms with Crippen molar-refractivity contribution in [1.82, 2.24) is 24.6 Å². The van der Waals surface area contributed by atoms with E-state index in [9.17, 15) is 14.8 Å². The highest BCUT2D eigenvalue weighted by Gasteiger charge is 2.18. The zero-order valence-corrected chi connectivity index (χ0v) is 17.6. The molecular weight excluding hydrogens is 409 g/mol. The fraction of sp³-hybridized carbons (Fsp3) is 0.190. The minimum absolute atomic E-state index is 0.161. The number of hydrogen-bond acceptors (Lipinski definition) is 8. The van der Waals surface area contributed by atoms with Gasteiger partial charge in [-0.05, 0) is 29.1 Å². The number of pyridine rings is 1. The molecular formula is C21H22BN7O3. The highest BCUT2D eigenvalue weighted by molar-refractivity contribution is 6.58. The lowest BCUT2D eigenvalue weighted by Crippen LogP contribution is -2.30. The van der Waals surface area contributed by atoms with Crippen molar-refractivity contribution in [2.24, 2.45) is 5.73 Å². The van der Waals surface area contributed by atoms with Crippen molar-refractivity contribution in [1.29, 1.82) is 0 Å². The maximum Gasteiger partial charge on any atom is 0.488 e. The van der Waals surface area contributed by atoms with Crippen molar-refractivity contribution in [2.45, 2.75) is 26.3 Å². The average Bonchev–Trinajstić information content (AvgIpc) is 3.21. The van der Waals surface area contributed by atoms with Crippen LogP contribution in [0.1, 0.15) is 41.3 Å². The third-order valence-electron chi connectivity index (χ3n) is 5.05. The van der Waals surface area contributed by atoms with Gasteiger partial charge < -0.3 is 21.1 Å².